The van der Waals surface area contributed by atoms with Crippen LogP contribution in [-0.2, 0) is 4.79 Å². The fourth-order valence-corrected chi connectivity index (χ4v) is 0.967. The summed E-state index contributed by atoms with van der Waals surface area (Å²) in [6, 6.07) is 7.26. The predicted octanol–water partition coefficient (Wildman–Crippen LogP) is 1.71. The van der Waals surface area contributed by atoms with Gasteiger partial charge in [-0.1, -0.05) is 12.1 Å². The summed E-state index contributed by atoms with van der Waals surface area (Å²) in [5, 5.41) is 11.2. The van der Waals surface area contributed by atoms with E-state index in [4.69, 9.17) is 9.84 Å². The third-order valence-electron chi connectivity index (χ3n) is 1.57. The first-order valence-corrected chi connectivity index (χ1v) is 4.03. The summed E-state index contributed by atoms with van der Waals surface area (Å²) in [6.45, 7) is 0. The SMILES string of the molecule is COc1ccccc1N/C=C/C(=O)O. The molecular formula is C10H11NO3. The molecular weight excluding hydrogens is 182 g/mol. The van der Waals surface area contributed by atoms with Gasteiger partial charge >= 0.3 is 5.97 Å². The zero-order chi connectivity index (χ0) is 10.4. The molecule has 1 rings (SSSR count). The molecule has 14 heavy (non-hydrogen) atoms. The van der Waals surface area contributed by atoms with Crippen LogP contribution in [0, 0.1) is 0 Å². The summed E-state index contributed by atoms with van der Waals surface area (Å²) >= 11 is 0. The molecule has 74 valence electrons. The minimum Gasteiger partial charge on any atom is -0.495 e. The van der Waals surface area contributed by atoms with Gasteiger partial charge in [0, 0.05) is 12.3 Å². The highest BCUT2D eigenvalue weighted by Gasteiger charge is 1.97. The monoisotopic (exact) mass is 193 g/mol. The van der Waals surface area contributed by atoms with Crippen molar-refractivity contribution in [1.82, 2.24) is 0 Å². The van der Waals surface area contributed by atoms with Crippen LogP contribution >= 0.6 is 0 Å². The molecule has 4 nitrogen and oxygen atoms in total. The first kappa shape index (κ1) is 10.1. The number of anilines is 1. The molecule has 0 amide bonds. The molecule has 0 bridgehead atoms. The summed E-state index contributed by atoms with van der Waals surface area (Å²) in [4.78, 5) is 10.2. The zero-order valence-corrected chi connectivity index (χ0v) is 7.73. The Hall–Kier alpha value is -1.97. The predicted molar refractivity (Wildman–Crippen MR) is 53.4 cm³/mol. The number of hydrogen-bond donors (Lipinski definition) is 2. The summed E-state index contributed by atoms with van der Waals surface area (Å²) < 4.78 is 5.06. The number of carboxylic acid groups (broad SMARTS) is 1. The molecule has 2 N–H and O–H groups in total. The molecule has 0 radical (unpaired) electrons. The highest BCUT2D eigenvalue weighted by atomic mass is 16.5. The Morgan fingerprint density at radius 3 is 2.86 bits per heavy atom. The van der Waals surface area contributed by atoms with Gasteiger partial charge in [0.15, 0.2) is 0 Å². The molecule has 0 atom stereocenters. The Morgan fingerprint density at radius 2 is 2.21 bits per heavy atom. The van der Waals surface area contributed by atoms with Gasteiger partial charge in [0.05, 0.1) is 12.8 Å². The van der Waals surface area contributed by atoms with Crippen molar-refractivity contribution in [3.63, 3.8) is 0 Å². The lowest BCUT2D eigenvalue weighted by atomic mass is 10.3. The Bertz CT molecular complexity index is 347. The van der Waals surface area contributed by atoms with Crippen molar-refractivity contribution < 1.29 is 14.6 Å². The quantitative estimate of drug-likeness (QED) is 0.714. The number of carbonyl (C=O) groups is 1. The lowest BCUT2D eigenvalue weighted by molar-refractivity contribution is -0.131. The maximum atomic E-state index is 10.2. The molecule has 0 aliphatic heterocycles. The van der Waals surface area contributed by atoms with Crippen molar-refractivity contribution in [1.29, 1.82) is 0 Å². The van der Waals surface area contributed by atoms with Crippen LogP contribution in [-0.4, -0.2) is 18.2 Å². The molecule has 1 aromatic rings. The van der Waals surface area contributed by atoms with E-state index in [9.17, 15) is 4.79 Å². The average molecular weight is 193 g/mol. The van der Waals surface area contributed by atoms with Crippen LogP contribution in [0.5, 0.6) is 5.75 Å². The Labute approximate surface area is 81.8 Å². The number of benzene rings is 1. The highest BCUT2D eigenvalue weighted by molar-refractivity contribution is 5.80. The largest absolute Gasteiger partial charge is 0.495 e. The smallest absolute Gasteiger partial charge is 0.329 e. The standard InChI is InChI=1S/C10H11NO3/c1-14-9-5-3-2-4-8(9)11-7-6-10(12)13/h2-7,11H,1H3,(H,12,13)/b7-6+. The molecule has 0 saturated heterocycles. The van der Waals surface area contributed by atoms with Crippen molar-refractivity contribution in [2.75, 3.05) is 12.4 Å². The van der Waals surface area contributed by atoms with E-state index in [2.05, 4.69) is 5.32 Å². The second kappa shape index (κ2) is 4.91. The molecule has 1 aromatic carbocycles. The number of carboxylic acids is 1. The van der Waals surface area contributed by atoms with Gasteiger partial charge < -0.3 is 15.2 Å². The van der Waals surface area contributed by atoms with E-state index < -0.39 is 5.97 Å². The summed E-state index contributed by atoms with van der Waals surface area (Å²) in [5.41, 5.74) is 0.729. The van der Waals surface area contributed by atoms with Crippen molar-refractivity contribution in [2.24, 2.45) is 0 Å². The molecule has 0 heterocycles. The van der Waals surface area contributed by atoms with Crippen molar-refractivity contribution in [3.8, 4) is 5.75 Å². The Balaban J connectivity index is 2.71. The van der Waals surface area contributed by atoms with Crippen LogP contribution in [0.3, 0.4) is 0 Å². The summed E-state index contributed by atoms with van der Waals surface area (Å²) in [6.07, 6.45) is 2.37. The first-order valence-electron chi connectivity index (χ1n) is 4.03. The van der Waals surface area contributed by atoms with Gasteiger partial charge in [0.1, 0.15) is 5.75 Å². The maximum Gasteiger partial charge on any atom is 0.329 e. The van der Waals surface area contributed by atoms with Gasteiger partial charge in [0.2, 0.25) is 0 Å². The molecule has 0 unspecified atom stereocenters. The van der Waals surface area contributed by atoms with Crippen LogP contribution in [0.15, 0.2) is 36.5 Å². The van der Waals surface area contributed by atoms with Crippen LogP contribution in [0.2, 0.25) is 0 Å². The average Bonchev–Trinajstić information content (AvgIpc) is 2.18. The van der Waals surface area contributed by atoms with E-state index in [-0.39, 0.29) is 0 Å². The van der Waals surface area contributed by atoms with Gasteiger partial charge in [0.25, 0.3) is 0 Å². The lowest BCUT2D eigenvalue weighted by Crippen LogP contribution is -1.94. The summed E-state index contributed by atoms with van der Waals surface area (Å²) in [5.74, 6) is -0.324. The molecule has 0 saturated carbocycles. The zero-order valence-electron chi connectivity index (χ0n) is 7.73. The molecule has 0 aliphatic carbocycles. The molecule has 0 fully saturated rings. The van der Waals surface area contributed by atoms with E-state index in [1.54, 1.807) is 19.2 Å². The van der Waals surface area contributed by atoms with Crippen LogP contribution in [0.1, 0.15) is 0 Å². The summed E-state index contributed by atoms with van der Waals surface area (Å²) in [7, 11) is 1.56. The van der Waals surface area contributed by atoms with Gasteiger partial charge in [-0.2, -0.15) is 0 Å². The first-order chi connectivity index (χ1) is 6.74. The van der Waals surface area contributed by atoms with E-state index in [1.807, 2.05) is 12.1 Å². The number of aliphatic carboxylic acids is 1. The molecule has 0 aliphatic rings. The van der Waals surface area contributed by atoms with Crippen molar-refractivity contribution in [2.45, 2.75) is 0 Å². The third-order valence-corrected chi connectivity index (χ3v) is 1.57. The number of nitrogens with one attached hydrogen (secondary N) is 1. The van der Waals surface area contributed by atoms with Gasteiger partial charge in [-0.3, -0.25) is 0 Å². The fraction of sp³-hybridized carbons (Fsp3) is 0.100. The Kier molecular flexibility index (Phi) is 3.55. The van der Waals surface area contributed by atoms with Crippen LogP contribution in [0.25, 0.3) is 0 Å². The lowest BCUT2D eigenvalue weighted by Gasteiger charge is -2.06. The fourth-order valence-electron chi connectivity index (χ4n) is 0.967. The normalized spacial score (nSPS) is 10.1. The van der Waals surface area contributed by atoms with Crippen molar-refractivity contribution >= 4 is 11.7 Å². The second-order valence-electron chi connectivity index (χ2n) is 2.52. The van der Waals surface area contributed by atoms with E-state index in [1.165, 1.54) is 6.20 Å². The topological polar surface area (TPSA) is 58.6 Å². The highest BCUT2D eigenvalue weighted by Crippen LogP contribution is 2.22. The Morgan fingerprint density at radius 1 is 1.50 bits per heavy atom. The van der Waals surface area contributed by atoms with Gasteiger partial charge in [-0.15, -0.1) is 0 Å². The number of rotatable bonds is 4. The number of methoxy groups -OCH3 is 1. The van der Waals surface area contributed by atoms with E-state index in [0.29, 0.717) is 5.75 Å². The number of hydrogen-bond acceptors (Lipinski definition) is 3. The molecule has 0 spiro atoms. The minimum atomic E-state index is -0.993. The van der Waals surface area contributed by atoms with Crippen LogP contribution < -0.4 is 10.1 Å². The van der Waals surface area contributed by atoms with Crippen molar-refractivity contribution in [3.05, 3.63) is 36.5 Å². The van der Waals surface area contributed by atoms with Crippen LogP contribution in [0.4, 0.5) is 5.69 Å². The van der Waals surface area contributed by atoms with E-state index in [0.717, 1.165) is 11.8 Å². The number of para-hydroxylation sites is 2. The van der Waals surface area contributed by atoms with E-state index >= 15 is 0 Å². The minimum absolute atomic E-state index is 0.669. The van der Waals surface area contributed by atoms with Gasteiger partial charge in [-0.25, -0.2) is 4.79 Å². The number of ether oxygens (including phenoxy) is 1. The molecule has 0 aromatic heterocycles. The van der Waals surface area contributed by atoms with Gasteiger partial charge in [-0.05, 0) is 12.1 Å². The molecule has 4 heteroatoms. The maximum absolute atomic E-state index is 10.2. The third kappa shape index (κ3) is 2.82. The second-order valence-corrected chi connectivity index (χ2v) is 2.52.